The molecule has 454 valence electrons. The van der Waals surface area contributed by atoms with Gasteiger partial charge in [0.25, 0.3) is 14.1 Å². The van der Waals surface area contributed by atoms with Gasteiger partial charge in [-0.15, -0.1) is 0 Å². The van der Waals surface area contributed by atoms with Gasteiger partial charge >= 0.3 is 6.09 Å². The van der Waals surface area contributed by atoms with E-state index in [0.717, 1.165) is 61.2 Å². The van der Waals surface area contributed by atoms with Crippen molar-refractivity contribution in [2.45, 2.75) is 95.9 Å². The van der Waals surface area contributed by atoms with E-state index in [0.29, 0.717) is 23.6 Å². The topological polar surface area (TPSA) is 205 Å². The fraction of sp³-hybridized carbons (Fsp3) is 0.286. The number of anilines is 3. The number of ether oxygens (including phenoxy) is 5. The molecule has 89 heavy (non-hydrogen) atoms. The Morgan fingerprint density at radius 2 is 1.35 bits per heavy atom. The smallest absolute Gasteiger partial charge is 0.414 e. The minimum Gasteiger partial charge on any atom is -0.497 e. The van der Waals surface area contributed by atoms with E-state index in [4.69, 9.17) is 42.7 Å². The third-order valence-electron chi connectivity index (χ3n) is 16.6. The first-order valence-corrected chi connectivity index (χ1v) is 31.0. The summed E-state index contributed by atoms with van der Waals surface area (Å²) in [6, 6.07) is 57.6. The van der Waals surface area contributed by atoms with Crippen LogP contribution in [0.25, 0.3) is 33.4 Å². The normalized spacial score (nSPS) is 16.2. The molecule has 0 bridgehead atoms. The Kier molecular flexibility index (Phi) is 17.6. The maximum Gasteiger partial charge on any atom is 0.414 e. The Morgan fingerprint density at radius 3 is 1.97 bits per heavy atom. The minimum absolute atomic E-state index is 0.00329. The van der Waals surface area contributed by atoms with Gasteiger partial charge in [0, 0.05) is 31.3 Å². The van der Waals surface area contributed by atoms with E-state index in [-0.39, 0.29) is 73.7 Å². The SMILES string of the molecule is COc1ccc(C(OC[C@H]2O[C@@H](n3c(N(C(C)=O)c4ccc5c(c4)Cc4ccccc4-5)nc4c(=O)[nH]c(NC(=O)OCC5c6ccccc6-c6ccccc65)nc43)C[C@@H]2OP(OCCC#N)N(C(C)C)C(C)C)(c2ccccc2)c2ccc(OC)cc2)cc1. The summed E-state index contributed by atoms with van der Waals surface area (Å²) in [5, 5.41) is 12.5. The van der Waals surface area contributed by atoms with Crippen molar-refractivity contribution in [1.29, 1.82) is 5.26 Å². The number of benzene rings is 7. The third-order valence-corrected chi connectivity index (χ3v) is 18.8. The van der Waals surface area contributed by atoms with Gasteiger partial charge in [0.1, 0.15) is 36.0 Å². The lowest BCUT2D eigenvalue weighted by molar-refractivity contribution is -0.116. The molecule has 2 N–H and O–H groups in total. The van der Waals surface area contributed by atoms with Crippen LogP contribution in [0.4, 0.5) is 22.4 Å². The van der Waals surface area contributed by atoms with Crippen LogP contribution in [0.1, 0.15) is 98.6 Å². The molecular weight excluding hydrogens is 1140 g/mol. The Morgan fingerprint density at radius 1 is 0.753 bits per heavy atom. The Hall–Kier alpha value is -9.05. The average Bonchev–Trinajstić information content (AvgIpc) is 1.83. The largest absolute Gasteiger partial charge is 0.497 e. The van der Waals surface area contributed by atoms with Crippen molar-refractivity contribution in [1.82, 2.24) is 24.2 Å². The van der Waals surface area contributed by atoms with E-state index in [9.17, 15) is 19.6 Å². The van der Waals surface area contributed by atoms with Gasteiger partial charge in [-0.2, -0.15) is 10.2 Å². The molecule has 3 heterocycles. The summed E-state index contributed by atoms with van der Waals surface area (Å²) in [4.78, 5) is 57.4. The average molecular weight is 1210 g/mol. The molecule has 2 aromatic heterocycles. The zero-order valence-corrected chi connectivity index (χ0v) is 51.5. The number of carbonyl (C=O) groups is 2. The number of methoxy groups -OCH3 is 2. The third kappa shape index (κ3) is 11.8. The van der Waals surface area contributed by atoms with Crippen molar-refractivity contribution in [2.24, 2.45) is 0 Å². The summed E-state index contributed by atoms with van der Waals surface area (Å²) in [6.45, 7) is 9.69. The van der Waals surface area contributed by atoms with Crippen LogP contribution in [0.15, 0.2) is 175 Å². The molecule has 9 aromatic rings. The number of amides is 2. The standard InChI is InChI=1S/C70H69N8O10P/c1-43(2)78(44(3)4)89(86-37-17-36-71)88-61-40-63(87-62(61)42-85-70(48-19-9-8-10-20-48,49-26-31-52(82-6)32-27-49)50-28-33-53(83-7)34-29-50)77-65-64(72-68(77)76(45(5)79)51-30-35-55-47(39-51)38-46-18-11-12-21-54(46)55)66(80)74-67(73-65)75-69(81)84-41-60-58-24-15-13-22-56(58)57-23-14-16-25-59(57)60/h8-16,18-35,39,43-44,60-63H,17,37-38,40-42H2,1-7H3,(H2,73,74,75,80,81)/t61-,62+,63+,89?/m0/s1. The predicted octanol–water partition coefficient (Wildman–Crippen LogP) is 13.7. The van der Waals surface area contributed by atoms with Gasteiger partial charge in [0.05, 0.1) is 51.7 Å². The highest BCUT2D eigenvalue weighted by Gasteiger charge is 2.47. The quantitative estimate of drug-likeness (QED) is 0.0368. The second-order valence-electron chi connectivity index (χ2n) is 22.7. The van der Waals surface area contributed by atoms with Crippen molar-refractivity contribution in [2.75, 3.05) is 44.3 Å². The predicted molar refractivity (Wildman–Crippen MR) is 341 cm³/mol. The molecule has 7 aromatic carbocycles. The zero-order chi connectivity index (χ0) is 61.9. The van der Waals surface area contributed by atoms with Gasteiger partial charge in [-0.3, -0.25) is 29.4 Å². The summed E-state index contributed by atoms with van der Waals surface area (Å²) in [6.07, 6.45) is -2.84. The number of fused-ring (bicyclic) bond motifs is 7. The maximum absolute atomic E-state index is 14.7. The molecule has 3 aliphatic rings. The highest BCUT2D eigenvalue weighted by Crippen LogP contribution is 2.52. The van der Waals surface area contributed by atoms with Crippen LogP contribution in [0.2, 0.25) is 0 Å². The molecule has 2 amide bonds. The van der Waals surface area contributed by atoms with Crippen molar-refractivity contribution < 1.29 is 42.3 Å². The van der Waals surface area contributed by atoms with Gasteiger partial charge in [-0.05, 0) is 132 Å². The number of nitriles is 1. The molecule has 0 saturated carbocycles. The molecule has 0 radical (unpaired) electrons. The number of nitrogens with zero attached hydrogens (tertiary/aromatic N) is 6. The molecule has 1 aliphatic heterocycles. The first kappa shape index (κ1) is 60.2. The van der Waals surface area contributed by atoms with Crippen LogP contribution in [0, 0.1) is 11.3 Å². The van der Waals surface area contributed by atoms with E-state index in [1.807, 2.05) is 146 Å². The number of nitrogens with one attached hydrogen (secondary N) is 2. The van der Waals surface area contributed by atoms with Crippen LogP contribution < -0.4 is 25.2 Å². The molecular formula is C70H69N8O10P. The van der Waals surface area contributed by atoms with Crippen LogP contribution in [0.5, 0.6) is 11.5 Å². The zero-order valence-electron chi connectivity index (χ0n) is 50.6. The van der Waals surface area contributed by atoms with Crippen molar-refractivity contribution in [3.8, 4) is 39.8 Å². The van der Waals surface area contributed by atoms with E-state index < -0.39 is 50.1 Å². The lowest BCUT2D eigenvalue weighted by Crippen LogP contribution is -2.39. The van der Waals surface area contributed by atoms with Crippen molar-refractivity contribution in [3.63, 3.8) is 0 Å². The number of carbonyl (C=O) groups excluding carboxylic acids is 2. The first-order chi connectivity index (χ1) is 43.3. The minimum atomic E-state index is -1.89. The fourth-order valence-electron chi connectivity index (χ4n) is 12.7. The van der Waals surface area contributed by atoms with Crippen LogP contribution in [-0.4, -0.2) is 94.5 Å². The van der Waals surface area contributed by atoms with Crippen molar-refractivity contribution >= 4 is 49.3 Å². The molecule has 12 rings (SSSR count). The fourth-order valence-corrected chi connectivity index (χ4v) is 14.5. The summed E-state index contributed by atoms with van der Waals surface area (Å²) in [7, 11) is 1.35. The van der Waals surface area contributed by atoms with Gasteiger partial charge in [-0.1, -0.05) is 133 Å². The van der Waals surface area contributed by atoms with E-state index in [1.54, 1.807) is 18.8 Å². The molecule has 0 spiro atoms. The highest BCUT2D eigenvalue weighted by molar-refractivity contribution is 7.44. The Bertz CT molecular complexity index is 4050. The lowest BCUT2D eigenvalue weighted by Gasteiger charge is -2.39. The Labute approximate surface area is 517 Å². The van der Waals surface area contributed by atoms with E-state index in [2.05, 4.69) is 73.0 Å². The monoisotopic (exact) mass is 1210 g/mol. The number of aromatic amines is 1. The summed E-state index contributed by atoms with van der Waals surface area (Å²) in [5.41, 5.74) is 9.28. The molecule has 18 nitrogen and oxygen atoms in total. The van der Waals surface area contributed by atoms with E-state index in [1.165, 1.54) is 11.8 Å². The number of H-pyrrole nitrogens is 1. The van der Waals surface area contributed by atoms with Crippen LogP contribution in [-0.2, 0) is 40.1 Å². The first-order valence-electron chi connectivity index (χ1n) is 29.8. The summed E-state index contributed by atoms with van der Waals surface area (Å²) >= 11 is 0. The van der Waals surface area contributed by atoms with Crippen molar-refractivity contribution in [3.05, 3.63) is 219 Å². The maximum atomic E-state index is 14.7. The molecule has 4 atom stereocenters. The second-order valence-corrected chi connectivity index (χ2v) is 24.1. The lowest BCUT2D eigenvalue weighted by atomic mass is 9.80. The summed E-state index contributed by atoms with van der Waals surface area (Å²) < 4.78 is 49.9. The Balaban J connectivity index is 0.978. The number of rotatable bonds is 22. The van der Waals surface area contributed by atoms with E-state index >= 15 is 0 Å². The molecule has 19 heteroatoms. The van der Waals surface area contributed by atoms with Gasteiger partial charge in [0.15, 0.2) is 11.2 Å². The molecule has 1 fully saturated rings. The number of hydrogen-bond donors (Lipinski definition) is 2. The molecule has 2 aliphatic carbocycles. The number of hydrogen-bond acceptors (Lipinski definition) is 14. The van der Waals surface area contributed by atoms with Gasteiger partial charge in [0.2, 0.25) is 17.8 Å². The molecule has 1 saturated heterocycles. The van der Waals surface area contributed by atoms with Gasteiger partial charge in [-0.25, -0.2) is 14.4 Å². The van der Waals surface area contributed by atoms with Crippen LogP contribution in [0.3, 0.4) is 0 Å². The highest BCUT2D eigenvalue weighted by atomic mass is 31.2. The second kappa shape index (κ2) is 26.0. The number of aromatic nitrogens is 4. The number of imidazole rings is 1. The van der Waals surface area contributed by atoms with Gasteiger partial charge < -0.3 is 32.7 Å². The summed E-state index contributed by atoms with van der Waals surface area (Å²) in [5.74, 6) is 0.457. The molecule has 1 unspecified atom stereocenters. The van der Waals surface area contributed by atoms with Crippen LogP contribution >= 0.6 is 8.53 Å².